The molecule has 0 aromatic heterocycles. The highest BCUT2D eigenvalue weighted by molar-refractivity contribution is 6.28. The minimum Gasteiger partial charge on any atom is -0.483 e. The molecule has 1 saturated heterocycles. The zero-order chi connectivity index (χ0) is 16.5. The second-order valence-electron chi connectivity index (χ2n) is 4.69. The van der Waals surface area contributed by atoms with Crippen molar-refractivity contribution in [2.75, 3.05) is 0 Å². The number of hydrogen-bond acceptors (Lipinski definition) is 5. The summed E-state index contributed by atoms with van der Waals surface area (Å²) in [5.74, 6) is -3.29. The summed E-state index contributed by atoms with van der Waals surface area (Å²) < 4.78 is 47.8. The zero-order valence-corrected chi connectivity index (χ0v) is 11.3. The van der Waals surface area contributed by atoms with Crippen LogP contribution in [-0.2, 0) is 20.5 Å². The van der Waals surface area contributed by atoms with Gasteiger partial charge in [0, 0.05) is 6.04 Å². The van der Waals surface area contributed by atoms with Gasteiger partial charge in [-0.2, -0.15) is 13.2 Å². The molecule has 120 valence electrons. The monoisotopic (exact) mass is 319 g/mol. The number of nitrogens with one attached hydrogen (secondary N) is 1. The van der Waals surface area contributed by atoms with Crippen molar-refractivity contribution in [2.45, 2.75) is 31.5 Å². The Balaban J connectivity index is 2.06. The van der Waals surface area contributed by atoms with Crippen LogP contribution in [0.5, 0.6) is 5.75 Å². The topological polar surface area (TPSA) is 84.9 Å². The van der Waals surface area contributed by atoms with E-state index in [1.807, 2.05) is 0 Å². The van der Waals surface area contributed by atoms with Crippen LogP contribution in [0.1, 0.15) is 12.5 Å². The maximum absolute atomic E-state index is 12.6. The first-order chi connectivity index (χ1) is 10.2. The van der Waals surface area contributed by atoms with E-state index in [2.05, 4.69) is 10.1 Å². The lowest BCUT2D eigenvalue weighted by Crippen LogP contribution is -2.68. The predicted molar refractivity (Wildman–Crippen MR) is 66.0 cm³/mol. The number of ether oxygens (including phenoxy) is 2. The predicted octanol–water partition coefficient (Wildman–Crippen LogP) is 1.40. The quantitative estimate of drug-likeness (QED) is 0.647. The standard InChI is InChI=1S/C13H12F3NO5/c1-6-9(10(17-6)22-12(20)11(18)19)21-8-4-2-3-7(5-8)13(14,15)16/h2-6,9-10,17H,1H3,(H,18,19)/t6-,9-,10?/m1/s1. The van der Waals surface area contributed by atoms with Crippen molar-refractivity contribution in [2.24, 2.45) is 0 Å². The van der Waals surface area contributed by atoms with E-state index in [1.54, 1.807) is 6.92 Å². The molecule has 6 nitrogen and oxygen atoms in total. The van der Waals surface area contributed by atoms with E-state index in [1.165, 1.54) is 12.1 Å². The number of carbonyl (C=O) groups excluding carboxylic acids is 1. The third kappa shape index (κ3) is 3.48. The van der Waals surface area contributed by atoms with Crippen LogP contribution in [0.3, 0.4) is 0 Å². The number of alkyl halides is 3. The summed E-state index contributed by atoms with van der Waals surface area (Å²) in [6.45, 7) is 1.66. The summed E-state index contributed by atoms with van der Waals surface area (Å²) in [7, 11) is 0. The smallest absolute Gasteiger partial charge is 0.419 e. The number of rotatable bonds is 3. The Morgan fingerprint density at radius 3 is 2.55 bits per heavy atom. The molecule has 1 aromatic rings. The Morgan fingerprint density at radius 1 is 1.32 bits per heavy atom. The number of carbonyl (C=O) groups is 2. The Labute approximate surface area is 122 Å². The van der Waals surface area contributed by atoms with Gasteiger partial charge in [-0.15, -0.1) is 0 Å². The molecule has 2 N–H and O–H groups in total. The maximum Gasteiger partial charge on any atom is 0.419 e. The van der Waals surface area contributed by atoms with Gasteiger partial charge >= 0.3 is 18.1 Å². The number of benzene rings is 1. The fourth-order valence-electron chi connectivity index (χ4n) is 1.93. The summed E-state index contributed by atoms with van der Waals surface area (Å²) >= 11 is 0. The summed E-state index contributed by atoms with van der Waals surface area (Å²) in [4.78, 5) is 21.4. The van der Waals surface area contributed by atoms with Gasteiger partial charge in [-0.05, 0) is 25.1 Å². The highest BCUT2D eigenvalue weighted by Crippen LogP contribution is 2.32. The van der Waals surface area contributed by atoms with Crippen molar-refractivity contribution in [3.8, 4) is 5.75 Å². The molecular weight excluding hydrogens is 307 g/mol. The maximum atomic E-state index is 12.6. The Kier molecular flexibility index (Phi) is 4.27. The Morgan fingerprint density at radius 2 is 2.00 bits per heavy atom. The average Bonchev–Trinajstić information content (AvgIpc) is 2.43. The largest absolute Gasteiger partial charge is 0.483 e. The second kappa shape index (κ2) is 5.84. The van der Waals surface area contributed by atoms with Crippen molar-refractivity contribution in [3.63, 3.8) is 0 Å². The molecular formula is C13H12F3NO5. The second-order valence-corrected chi connectivity index (χ2v) is 4.69. The molecule has 2 rings (SSSR count). The van der Waals surface area contributed by atoms with Crippen molar-refractivity contribution in [1.82, 2.24) is 5.32 Å². The van der Waals surface area contributed by atoms with Crippen molar-refractivity contribution in [1.29, 1.82) is 0 Å². The van der Waals surface area contributed by atoms with Gasteiger partial charge in [0.25, 0.3) is 0 Å². The van der Waals surface area contributed by atoms with Crippen LogP contribution in [-0.4, -0.2) is 35.4 Å². The molecule has 0 aliphatic carbocycles. The van der Waals surface area contributed by atoms with Crippen LogP contribution in [0, 0.1) is 0 Å². The van der Waals surface area contributed by atoms with E-state index in [9.17, 15) is 22.8 Å². The lowest BCUT2D eigenvalue weighted by molar-refractivity contribution is -0.181. The summed E-state index contributed by atoms with van der Waals surface area (Å²) in [6.07, 6.45) is -6.32. The van der Waals surface area contributed by atoms with Crippen molar-refractivity contribution < 1.29 is 37.3 Å². The SMILES string of the molecule is C[C@H]1NC(OC(=O)C(=O)O)[C@@H]1Oc1cccc(C(F)(F)F)c1. The molecule has 9 heteroatoms. The van der Waals surface area contributed by atoms with Gasteiger partial charge in [-0.1, -0.05) is 6.07 Å². The van der Waals surface area contributed by atoms with E-state index in [-0.39, 0.29) is 11.8 Å². The minimum absolute atomic E-state index is 0.0513. The number of carboxylic acid groups (broad SMARTS) is 1. The third-order valence-corrected chi connectivity index (χ3v) is 3.06. The molecule has 0 bridgehead atoms. The highest BCUT2D eigenvalue weighted by Gasteiger charge is 2.43. The molecule has 0 spiro atoms. The molecule has 0 saturated carbocycles. The lowest BCUT2D eigenvalue weighted by atomic mass is 10.0. The van der Waals surface area contributed by atoms with Gasteiger partial charge in [0.1, 0.15) is 5.75 Å². The molecule has 1 aromatic carbocycles. The molecule has 1 fully saturated rings. The van der Waals surface area contributed by atoms with Gasteiger partial charge < -0.3 is 14.6 Å². The van der Waals surface area contributed by atoms with Crippen LogP contribution in [0.25, 0.3) is 0 Å². The summed E-state index contributed by atoms with van der Waals surface area (Å²) in [5.41, 5.74) is -0.871. The lowest BCUT2D eigenvalue weighted by Gasteiger charge is -2.42. The Bertz CT molecular complexity index is 589. The van der Waals surface area contributed by atoms with Gasteiger partial charge in [0.15, 0.2) is 12.3 Å². The van der Waals surface area contributed by atoms with Gasteiger partial charge in [-0.25, -0.2) is 9.59 Å². The first-order valence-corrected chi connectivity index (χ1v) is 6.22. The molecule has 0 radical (unpaired) electrons. The summed E-state index contributed by atoms with van der Waals surface area (Å²) in [6, 6.07) is 3.92. The number of carboxylic acids is 1. The van der Waals surface area contributed by atoms with Crippen LogP contribution in [0.4, 0.5) is 13.2 Å². The molecule has 1 unspecified atom stereocenters. The molecule has 3 atom stereocenters. The minimum atomic E-state index is -4.50. The van der Waals surface area contributed by atoms with Crippen LogP contribution in [0.15, 0.2) is 24.3 Å². The number of hydrogen-bond donors (Lipinski definition) is 2. The summed E-state index contributed by atoms with van der Waals surface area (Å²) in [5, 5.41) is 11.1. The van der Waals surface area contributed by atoms with Crippen LogP contribution in [0.2, 0.25) is 0 Å². The number of halogens is 3. The molecule has 1 aliphatic heterocycles. The van der Waals surface area contributed by atoms with E-state index < -0.39 is 36.0 Å². The normalized spacial score (nSPS) is 24.3. The van der Waals surface area contributed by atoms with E-state index >= 15 is 0 Å². The third-order valence-electron chi connectivity index (χ3n) is 3.06. The fourth-order valence-corrected chi connectivity index (χ4v) is 1.93. The van der Waals surface area contributed by atoms with E-state index in [0.29, 0.717) is 0 Å². The van der Waals surface area contributed by atoms with E-state index in [0.717, 1.165) is 12.1 Å². The van der Waals surface area contributed by atoms with Gasteiger partial charge in [0.2, 0.25) is 0 Å². The van der Waals surface area contributed by atoms with Gasteiger partial charge in [-0.3, -0.25) is 5.32 Å². The van der Waals surface area contributed by atoms with Crippen molar-refractivity contribution in [3.05, 3.63) is 29.8 Å². The molecule has 1 heterocycles. The van der Waals surface area contributed by atoms with Crippen molar-refractivity contribution >= 4 is 11.9 Å². The molecule has 0 amide bonds. The number of esters is 1. The average molecular weight is 319 g/mol. The first kappa shape index (κ1) is 16.1. The van der Waals surface area contributed by atoms with Crippen LogP contribution >= 0.6 is 0 Å². The Hall–Kier alpha value is -2.29. The zero-order valence-electron chi connectivity index (χ0n) is 11.3. The van der Waals surface area contributed by atoms with E-state index in [4.69, 9.17) is 9.84 Å². The van der Waals surface area contributed by atoms with Crippen LogP contribution < -0.4 is 10.1 Å². The highest BCUT2D eigenvalue weighted by atomic mass is 19.4. The van der Waals surface area contributed by atoms with Gasteiger partial charge in [0.05, 0.1) is 5.56 Å². The molecule has 1 aliphatic rings. The first-order valence-electron chi connectivity index (χ1n) is 6.22. The molecule has 22 heavy (non-hydrogen) atoms. The fraction of sp³-hybridized carbons (Fsp3) is 0.385. The number of aliphatic carboxylic acids is 1.